The molecule has 0 N–H and O–H groups in total. The summed E-state index contributed by atoms with van der Waals surface area (Å²) in [5.74, 6) is 0.608. The molecule has 6 heteroatoms. The van der Waals surface area contributed by atoms with Gasteiger partial charge in [-0.1, -0.05) is 30.3 Å². The number of carbonyl (C=O) groups excluding carboxylic acids is 1. The highest BCUT2D eigenvalue weighted by atomic mass is 16.5. The lowest BCUT2D eigenvalue weighted by Gasteiger charge is -2.48. The normalized spacial score (nSPS) is 22.5. The third-order valence-corrected chi connectivity index (χ3v) is 6.63. The molecule has 4 rings (SSSR count). The molecule has 2 saturated heterocycles. The van der Waals surface area contributed by atoms with Gasteiger partial charge < -0.3 is 19.1 Å². The molecule has 1 aromatic heterocycles. The molecule has 0 radical (unpaired) electrons. The van der Waals surface area contributed by atoms with E-state index in [0.717, 1.165) is 31.2 Å². The summed E-state index contributed by atoms with van der Waals surface area (Å²) in [6, 6.07) is 12.3. The van der Waals surface area contributed by atoms with Gasteiger partial charge in [0.25, 0.3) is 5.91 Å². The molecule has 1 spiro atoms. The number of aromatic nitrogens is 1. The standard InChI is InChI=1S/C27H36N2O4/c1-5-31-23-16-24(21-9-7-6-8-10-21)33-27(17-23)11-13-29(14-12-27)26(30)22-15-20(4)25(28-18-22)32-19(2)3/h6-10,15,18-19,23-24H,5,11-14,16-17H2,1-4H3/t23-,24-/m0/s1. The molecular weight excluding hydrogens is 416 g/mol. The molecule has 178 valence electrons. The van der Waals surface area contributed by atoms with Crippen LogP contribution in [0.3, 0.4) is 0 Å². The van der Waals surface area contributed by atoms with Crippen molar-refractivity contribution in [1.82, 2.24) is 9.88 Å². The minimum Gasteiger partial charge on any atom is -0.475 e. The first kappa shape index (κ1) is 23.7. The molecule has 0 bridgehead atoms. The van der Waals surface area contributed by atoms with Gasteiger partial charge in [0, 0.05) is 44.3 Å². The molecule has 3 heterocycles. The number of amides is 1. The molecule has 2 fully saturated rings. The third kappa shape index (κ3) is 5.56. The Morgan fingerprint density at radius 3 is 2.61 bits per heavy atom. The van der Waals surface area contributed by atoms with Gasteiger partial charge in [-0.05, 0) is 52.2 Å². The van der Waals surface area contributed by atoms with Crippen LogP contribution in [0.4, 0.5) is 0 Å². The highest BCUT2D eigenvalue weighted by Gasteiger charge is 2.45. The molecule has 6 nitrogen and oxygen atoms in total. The van der Waals surface area contributed by atoms with Crippen molar-refractivity contribution in [3.8, 4) is 5.88 Å². The molecule has 33 heavy (non-hydrogen) atoms. The van der Waals surface area contributed by atoms with Crippen LogP contribution >= 0.6 is 0 Å². The summed E-state index contributed by atoms with van der Waals surface area (Å²) >= 11 is 0. The lowest BCUT2D eigenvalue weighted by Crippen LogP contribution is -2.52. The van der Waals surface area contributed by atoms with E-state index in [0.29, 0.717) is 31.1 Å². The van der Waals surface area contributed by atoms with Gasteiger partial charge in [-0.3, -0.25) is 4.79 Å². The quantitative estimate of drug-likeness (QED) is 0.610. The van der Waals surface area contributed by atoms with Crippen LogP contribution in [0.2, 0.25) is 0 Å². The maximum absolute atomic E-state index is 13.2. The molecule has 2 aliphatic heterocycles. The minimum absolute atomic E-state index is 0.0216. The Hall–Kier alpha value is -2.44. The predicted octanol–water partition coefficient (Wildman–Crippen LogP) is 5.11. The zero-order valence-corrected chi connectivity index (χ0v) is 20.3. The summed E-state index contributed by atoms with van der Waals surface area (Å²) < 4.78 is 18.5. The largest absolute Gasteiger partial charge is 0.475 e. The van der Waals surface area contributed by atoms with Gasteiger partial charge in [-0.2, -0.15) is 0 Å². The van der Waals surface area contributed by atoms with Gasteiger partial charge in [0.15, 0.2) is 0 Å². The van der Waals surface area contributed by atoms with Gasteiger partial charge in [0.1, 0.15) is 0 Å². The van der Waals surface area contributed by atoms with E-state index in [4.69, 9.17) is 14.2 Å². The van der Waals surface area contributed by atoms with Gasteiger partial charge in [-0.15, -0.1) is 0 Å². The number of pyridine rings is 1. The second-order valence-electron chi connectivity index (χ2n) is 9.52. The number of benzene rings is 1. The Morgan fingerprint density at radius 2 is 1.97 bits per heavy atom. The molecule has 2 aliphatic rings. The van der Waals surface area contributed by atoms with Crippen molar-refractivity contribution in [2.45, 2.75) is 77.3 Å². The number of nitrogens with zero attached hydrogens (tertiary/aromatic N) is 2. The van der Waals surface area contributed by atoms with Crippen LogP contribution < -0.4 is 4.74 Å². The first-order chi connectivity index (χ1) is 15.9. The third-order valence-electron chi connectivity index (χ3n) is 6.63. The Balaban J connectivity index is 1.44. The zero-order chi connectivity index (χ0) is 23.4. The van der Waals surface area contributed by atoms with E-state index in [1.807, 2.05) is 37.8 Å². The van der Waals surface area contributed by atoms with Crippen LogP contribution in [-0.4, -0.2) is 53.3 Å². The van der Waals surface area contributed by atoms with Crippen LogP contribution in [0.5, 0.6) is 5.88 Å². The average Bonchev–Trinajstić information content (AvgIpc) is 2.81. The van der Waals surface area contributed by atoms with Crippen molar-refractivity contribution in [3.05, 3.63) is 59.3 Å². The van der Waals surface area contributed by atoms with E-state index in [9.17, 15) is 4.79 Å². The summed E-state index contributed by atoms with van der Waals surface area (Å²) in [6.07, 6.45) is 5.26. The van der Waals surface area contributed by atoms with E-state index in [-0.39, 0.29) is 29.8 Å². The molecule has 1 amide bonds. The fourth-order valence-corrected chi connectivity index (χ4v) is 5.02. The van der Waals surface area contributed by atoms with Crippen LogP contribution in [0.15, 0.2) is 42.6 Å². The lowest BCUT2D eigenvalue weighted by molar-refractivity contribution is -0.190. The molecule has 0 saturated carbocycles. The number of rotatable bonds is 6. The van der Waals surface area contributed by atoms with Crippen LogP contribution in [0.25, 0.3) is 0 Å². The average molecular weight is 453 g/mol. The van der Waals surface area contributed by atoms with E-state index in [1.165, 1.54) is 5.56 Å². The van der Waals surface area contributed by atoms with Gasteiger partial charge in [0.2, 0.25) is 5.88 Å². The minimum atomic E-state index is -0.251. The van der Waals surface area contributed by atoms with Crippen molar-refractivity contribution < 1.29 is 19.0 Å². The Labute approximate surface area is 197 Å². The highest BCUT2D eigenvalue weighted by molar-refractivity contribution is 5.94. The van der Waals surface area contributed by atoms with Crippen molar-refractivity contribution in [2.24, 2.45) is 0 Å². The molecular formula is C27H36N2O4. The van der Waals surface area contributed by atoms with Crippen molar-refractivity contribution >= 4 is 5.91 Å². The lowest BCUT2D eigenvalue weighted by atomic mass is 9.80. The monoisotopic (exact) mass is 452 g/mol. The Morgan fingerprint density at radius 1 is 1.24 bits per heavy atom. The van der Waals surface area contributed by atoms with Crippen LogP contribution in [-0.2, 0) is 9.47 Å². The number of carbonyl (C=O) groups is 1. The summed E-state index contributed by atoms with van der Waals surface area (Å²) in [5.41, 5.74) is 2.44. The summed E-state index contributed by atoms with van der Waals surface area (Å²) in [7, 11) is 0. The molecule has 0 unspecified atom stereocenters. The zero-order valence-electron chi connectivity index (χ0n) is 20.3. The number of piperidine rings is 1. The van der Waals surface area contributed by atoms with Crippen LogP contribution in [0, 0.1) is 6.92 Å². The smallest absolute Gasteiger partial charge is 0.255 e. The second kappa shape index (κ2) is 10.2. The number of hydrogen-bond donors (Lipinski definition) is 0. The second-order valence-corrected chi connectivity index (χ2v) is 9.52. The maximum atomic E-state index is 13.2. The maximum Gasteiger partial charge on any atom is 0.255 e. The summed E-state index contributed by atoms with van der Waals surface area (Å²) in [4.78, 5) is 19.5. The number of likely N-dealkylation sites (tertiary alicyclic amines) is 1. The van der Waals surface area contributed by atoms with Crippen LogP contribution in [0.1, 0.15) is 74.0 Å². The van der Waals surface area contributed by atoms with E-state index >= 15 is 0 Å². The fraction of sp³-hybridized carbons (Fsp3) is 0.556. The van der Waals surface area contributed by atoms with Gasteiger partial charge in [0.05, 0.1) is 29.5 Å². The summed E-state index contributed by atoms with van der Waals surface area (Å²) in [6.45, 7) is 9.96. The number of ether oxygens (including phenoxy) is 3. The molecule has 2 aromatic rings. The van der Waals surface area contributed by atoms with Crippen molar-refractivity contribution in [2.75, 3.05) is 19.7 Å². The van der Waals surface area contributed by atoms with Crippen molar-refractivity contribution in [3.63, 3.8) is 0 Å². The van der Waals surface area contributed by atoms with E-state index < -0.39 is 0 Å². The Kier molecular flexibility index (Phi) is 7.35. The topological polar surface area (TPSA) is 60.9 Å². The summed E-state index contributed by atoms with van der Waals surface area (Å²) in [5, 5.41) is 0. The van der Waals surface area contributed by atoms with Gasteiger partial charge >= 0.3 is 0 Å². The molecule has 1 aromatic carbocycles. The fourth-order valence-electron chi connectivity index (χ4n) is 5.02. The van der Waals surface area contributed by atoms with E-state index in [2.05, 4.69) is 36.2 Å². The first-order valence-electron chi connectivity index (χ1n) is 12.2. The Bertz CT molecular complexity index is 938. The predicted molar refractivity (Wildman–Crippen MR) is 128 cm³/mol. The van der Waals surface area contributed by atoms with E-state index in [1.54, 1.807) is 6.20 Å². The molecule has 0 aliphatic carbocycles. The number of hydrogen-bond acceptors (Lipinski definition) is 5. The SMILES string of the molecule is CCO[C@H]1C[C@@H](c2ccccc2)OC2(CCN(C(=O)c3cnc(OC(C)C)c(C)c3)CC2)C1. The highest BCUT2D eigenvalue weighted by Crippen LogP contribution is 2.44. The first-order valence-corrected chi connectivity index (χ1v) is 12.2. The number of aryl methyl sites for hydroxylation is 1. The van der Waals surface area contributed by atoms with Gasteiger partial charge in [-0.25, -0.2) is 4.98 Å². The molecule has 2 atom stereocenters. The van der Waals surface area contributed by atoms with Crippen molar-refractivity contribution in [1.29, 1.82) is 0 Å².